The summed E-state index contributed by atoms with van der Waals surface area (Å²) in [5.41, 5.74) is -0.735. The fourth-order valence-electron chi connectivity index (χ4n) is 2.27. The number of likely N-dealkylation sites (N-methyl/N-ethyl adjacent to an activating group) is 1. The second-order valence-electron chi connectivity index (χ2n) is 6.43. The lowest BCUT2D eigenvalue weighted by atomic mass is 9.96. The van der Waals surface area contributed by atoms with Gasteiger partial charge in [-0.05, 0) is 12.4 Å². The van der Waals surface area contributed by atoms with E-state index in [2.05, 4.69) is 27.1 Å². The molecule has 0 unspecified atom stereocenters. The molecule has 8 nitrogen and oxygen atoms in total. The van der Waals surface area contributed by atoms with Gasteiger partial charge < -0.3 is 5.11 Å². The first-order valence-corrected chi connectivity index (χ1v) is 9.06. The fourth-order valence-corrected chi connectivity index (χ4v) is 2.95. The molecule has 1 aliphatic heterocycles. The Balaban J connectivity index is 2.00. The molecule has 1 saturated heterocycles. The molecular formula is C15H25N5O3S. The van der Waals surface area contributed by atoms with Crippen LogP contribution in [0.3, 0.4) is 0 Å². The molecule has 1 aromatic rings. The predicted molar refractivity (Wildman–Crippen MR) is 90.8 cm³/mol. The average molecular weight is 355 g/mol. The maximum atomic E-state index is 12.3. The van der Waals surface area contributed by atoms with E-state index in [0.717, 1.165) is 44.5 Å². The molecular weight excluding hydrogens is 330 g/mol. The van der Waals surface area contributed by atoms with Gasteiger partial charge in [0.1, 0.15) is 0 Å². The fraction of sp³-hybridized carbons (Fsp3) is 0.733. The number of hydrogen-bond donors (Lipinski definition) is 0. The molecule has 0 amide bonds. The van der Waals surface area contributed by atoms with Gasteiger partial charge in [0.25, 0.3) is 6.20 Å². The van der Waals surface area contributed by atoms with Gasteiger partial charge in [0, 0.05) is 31.2 Å². The maximum Gasteiger partial charge on any atom is 0.324 e. The molecule has 0 radical (unpaired) electrons. The van der Waals surface area contributed by atoms with Crippen LogP contribution in [0.5, 0.6) is 0 Å². The Morgan fingerprint density at radius 3 is 2.71 bits per heavy atom. The Morgan fingerprint density at radius 1 is 1.46 bits per heavy atom. The minimum Gasteiger partial charge on any atom is -0.861 e. The van der Waals surface area contributed by atoms with Crippen molar-refractivity contribution in [1.29, 1.82) is 0 Å². The Hall–Kier alpha value is -1.61. The van der Waals surface area contributed by atoms with Crippen molar-refractivity contribution < 1.29 is 19.2 Å². The van der Waals surface area contributed by atoms with Crippen LogP contribution in [0, 0.1) is 5.41 Å². The third-order valence-electron chi connectivity index (χ3n) is 3.96. The van der Waals surface area contributed by atoms with Gasteiger partial charge >= 0.3 is 5.88 Å². The van der Waals surface area contributed by atoms with Gasteiger partial charge in [-0.2, -0.15) is 5.01 Å². The second-order valence-corrected chi connectivity index (χ2v) is 7.58. The van der Waals surface area contributed by atoms with Crippen LogP contribution in [0.25, 0.3) is 0 Å². The number of aromatic nitrogens is 2. The number of aliphatic imine (C=N–C) groups is 1. The molecule has 0 saturated carbocycles. The van der Waals surface area contributed by atoms with Crippen LogP contribution in [0.1, 0.15) is 27.7 Å². The summed E-state index contributed by atoms with van der Waals surface area (Å²) < 4.78 is 5.16. The third-order valence-corrected chi connectivity index (χ3v) is 5.23. The van der Waals surface area contributed by atoms with E-state index < -0.39 is 5.41 Å². The largest absolute Gasteiger partial charge is 0.861 e. The molecule has 0 spiro atoms. The Kier molecular flexibility index (Phi) is 6.22. The molecule has 0 N–H and O–H groups in total. The van der Waals surface area contributed by atoms with Crippen LogP contribution in [0.15, 0.2) is 15.7 Å². The highest BCUT2D eigenvalue weighted by Gasteiger charge is 2.26. The highest BCUT2D eigenvalue weighted by Crippen LogP contribution is 2.24. The van der Waals surface area contributed by atoms with Gasteiger partial charge in [0.05, 0.1) is 17.9 Å². The number of nitrogens with zero attached hydrogens (tertiary/aromatic N) is 5. The van der Waals surface area contributed by atoms with Crippen LogP contribution in [0.4, 0.5) is 5.88 Å². The SMILES string of the molecule is CCN1CCN([n+]2cc(N=C([O-])C(C)(C)CSC(C)=O)on2)CC1. The van der Waals surface area contributed by atoms with Gasteiger partial charge in [-0.1, -0.05) is 32.5 Å². The smallest absolute Gasteiger partial charge is 0.324 e. The quantitative estimate of drug-likeness (QED) is 0.401. The monoisotopic (exact) mass is 355 g/mol. The van der Waals surface area contributed by atoms with Crippen molar-refractivity contribution in [3.8, 4) is 0 Å². The number of thioether (sulfide) groups is 1. The summed E-state index contributed by atoms with van der Waals surface area (Å²) in [5, 5.41) is 18.3. The van der Waals surface area contributed by atoms with E-state index in [1.807, 2.05) is 0 Å². The van der Waals surface area contributed by atoms with Gasteiger partial charge in [0.2, 0.25) is 5.27 Å². The molecule has 0 bridgehead atoms. The van der Waals surface area contributed by atoms with E-state index in [4.69, 9.17) is 4.52 Å². The first kappa shape index (κ1) is 18.7. The number of hydrogen-bond acceptors (Lipinski definition) is 8. The summed E-state index contributed by atoms with van der Waals surface area (Å²) in [6.45, 7) is 11.8. The van der Waals surface area contributed by atoms with E-state index in [1.54, 1.807) is 24.8 Å². The summed E-state index contributed by atoms with van der Waals surface area (Å²) in [4.78, 5) is 19.0. The first-order chi connectivity index (χ1) is 11.3. The van der Waals surface area contributed by atoms with E-state index in [9.17, 15) is 9.90 Å². The maximum absolute atomic E-state index is 12.3. The molecule has 1 aliphatic rings. The highest BCUT2D eigenvalue weighted by molar-refractivity contribution is 8.13. The van der Waals surface area contributed by atoms with Crippen molar-refractivity contribution in [3.05, 3.63) is 6.20 Å². The van der Waals surface area contributed by atoms with Crippen LogP contribution in [-0.2, 0) is 4.79 Å². The zero-order valence-electron chi connectivity index (χ0n) is 14.7. The molecule has 1 aromatic heterocycles. The number of carbonyl (C=O) groups is 1. The van der Waals surface area contributed by atoms with Crippen molar-refractivity contribution in [1.82, 2.24) is 10.2 Å². The van der Waals surface area contributed by atoms with Gasteiger partial charge in [-0.25, -0.2) is 4.99 Å². The zero-order chi connectivity index (χ0) is 17.7. The van der Waals surface area contributed by atoms with Gasteiger partial charge in [-0.3, -0.25) is 14.2 Å². The lowest BCUT2D eigenvalue weighted by molar-refractivity contribution is -0.759. The van der Waals surface area contributed by atoms with Crippen molar-refractivity contribution in [3.63, 3.8) is 0 Å². The molecule has 0 aromatic carbocycles. The summed E-state index contributed by atoms with van der Waals surface area (Å²) in [6, 6.07) is 0. The summed E-state index contributed by atoms with van der Waals surface area (Å²) >= 11 is 1.12. The lowest BCUT2D eigenvalue weighted by Gasteiger charge is -2.29. The van der Waals surface area contributed by atoms with E-state index >= 15 is 0 Å². The zero-order valence-corrected chi connectivity index (χ0v) is 15.5. The van der Waals surface area contributed by atoms with Crippen molar-refractivity contribution >= 4 is 28.7 Å². The van der Waals surface area contributed by atoms with E-state index in [1.165, 1.54) is 6.92 Å². The van der Waals surface area contributed by atoms with Gasteiger partial charge in [0.15, 0.2) is 5.12 Å². The molecule has 0 atom stereocenters. The predicted octanol–water partition coefficient (Wildman–Crippen LogP) is -0.0682. The third kappa shape index (κ3) is 4.94. The Bertz CT molecular complexity index is 594. The number of carbonyl (C=O) groups excluding carboxylic acids is 1. The first-order valence-electron chi connectivity index (χ1n) is 8.07. The second kappa shape index (κ2) is 7.98. The van der Waals surface area contributed by atoms with Gasteiger partial charge in [-0.15, -0.1) is 0 Å². The lowest BCUT2D eigenvalue weighted by Crippen LogP contribution is -2.65. The van der Waals surface area contributed by atoms with E-state index in [-0.39, 0.29) is 16.9 Å². The Morgan fingerprint density at radius 2 is 2.12 bits per heavy atom. The molecule has 1 fully saturated rings. The van der Waals surface area contributed by atoms with Crippen LogP contribution < -0.4 is 14.9 Å². The number of rotatable bonds is 6. The van der Waals surface area contributed by atoms with Crippen molar-refractivity contribution in [2.75, 3.05) is 43.5 Å². The minimum absolute atomic E-state index is 0.0143. The standard InChI is InChI=1S/C15H25N5O3S/c1-5-18-6-8-19(9-7-18)20-10-13(23-17-20)16-14(22)15(3,4)11-24-12(2)21/h10H,5-9,11H2,1-4H3. The Labute approximate surface area is 146 Å². The highest BCUT2D eigenvalue weighted by atomic mass is 32.2. The number of piperazine rings is 1. The van der Waals surface area contributed by atoms with Crippen molar-refractivity contribution in [2.24, 2.45) is 10.4 Å². The molecule has 0 aliphatic carbocycles. The van der Waals surface area contributed by atoms with Crippen LogP contribution >= 0.6 is 11.8 Å². The van der Waals surface area contributed by atoms with Crippen LogP contribution in [-0.4, -0.2) is 59.7 Å². The molecule has 2 rings (SSSR count). The summed E-state index contributed by atoms with van der Waals surface area (Å²) in [5.74, 6) is 0.242. The molecule has 134 valence electrons. The summed E-state index contributed by atoms with van der Waals surface area (Å²) in [7, 11) is 0. The van der Waals surface area contributed by atoms with E-state index in [0.29, 0.717) is 5.75 Å². The molecule has 24 heavy (non-hydrogen) atoms. The minimum atomic E-state index is -0.735. The topological polar surface area (TPSA) is 88.9 Å². The van der Waals surface area contributed by atoms with Crippen LogP contribution in [0.2, 0.25) is 0 Å². The molecule has 9 heteroatoms. The molecule has 2 heterocycles. The summed E-state index contributed by atoms with van der Waals surface area (Å²) in [6.07, 6.45) is 1.62. The normalized spacial score (nSPS) is 17.3. The average Bonchev–Trinajstić information content (AvgIpc) is 3.01. The van der Waals surface area contributed by atoms with Crippen molar-refractivity contribution in [2.45, 2.75) is 27.7 Å².